The Labute approximate surface area is 109 Å². The first-order valence-corrected chi connectivity index (χ1v) is 6.31. The van der Waals surface area contributed by atoms with E-state index in [-0.39, 0.29) is 0 Å². The lowest BCUT2D eigenvalue weighted by molar-refractivity contribution is 1.25. The van der Waals surface area contributed by atoms with Crippen LogP contribution in [0.4, 0.5) is 0 Å². The normalized spacial score (nSPS) is 12.3. The molecule has 0 amide bonds. The predicted molar refractivity (Wildman–Crippen MR) is 73.8 cm³/mol. The Morgan fingerprint density at radius 3 is 2.56 bits per heavy atom. The van der Waals surface area contributed by atoms with Crippen LogP contribution >= 0.6 is 35.0 Å². The fraction of sp³-hybridized carbons (Fsp3) is 0.200. The molecule has 0 unspecified atom stereocenters. The quantitative estimate of drug-likeness (QED) is 0.522. The monoisotopic (exact) mass is 275 g/mol. The summed E-state index contributed by atoms with van der Waals surface area (Å²) in [6.07, 6.45) is 1.56. The van der Waals surface area contributed by atoms with E-state index in [1.807, 2.05) is 6.92 Å². The van der Waals surface area contributed by atoms with E-state index in [0.29, 0.717) is 15.2 Å². The van der Waals surface area contributed by atoms with Crippen molar-refractivity contribution in [1.82, 2.24) is 0 Å². The highest BCUT2D eigenvalue weighted by atomic mass is 35.5. The van der Waals surface area contributed by atoms with E-state index >= 15 is 0 Å². The molecule has 86 valence electrons. The van der Waals surface area contributed by atoms with Gasteiger partial charge in [-0.1, -0.05) is 41.9 Å². The Balaban J connectivity index is 2.73. The lowest BCUT2D eigenvalue weighted by Gasteiger charge is -1.96. The van der Waals surface area contributed by atoms with Gasteiger partial charge in [0.2, 0.25) is 0 Å². The zero-order valence-corrected chi connectivity index (χ0v) is 11.0. The van der Waals surface area contributed by atoms with Gasteiger partial charge in [-0.05, 0) is 29.5 Å². The average Bonchev–Trinajstić information content (AvgIpc) is 2.16. The summed E-state index contributed by atoms with van der Waals surface area (Å²) in [5, 5.41) is 9.22. The number of nitrogens with zero attached hydrogens (tertiary/aromatic N) is 2. The van der Waals surface area contributed by atoms with Crippen LogP contribution in [0.25, 0.3) is 0 Å². The van der Waals surface area contributed by atoms with Gasteiger partial charge in [-0.2, -0.15) is 5.10 Å². The first-order valence-electron chi connectivity index (χ1n) is 4.57. The standard InChI is InChI=1S/C10H11Cl2N3S/c1-2-16-10(13)15-14-6-7-3-8(11)5-9(12)4-7/h3-6H,2H2,1H3,(H2,13,15)/b14-6+. The van der Waals surface area contributed by atoms with Gasteiger partial charge >= 0.3 is 0 Å². The summed E-state index contributed by atoms with van der Waals surface area (Å²) >= 11 is 13.1. The van der Waals surface area contributed by atoms with Gasteiger partial charge in [-0.15, -0.1) is 5.10 Å². The molecular weight excluding hydrogens is 265 g/mol. The first-order chi connectivity index (χ1) is 7.61. The zero-order chi connectivity index (χ0) is 12.0. The second-order valence-electron chi connectivity index (χ2n) is 2.82. The number of hydrogen-bond acceptors (Lipinski definition) is 3. The Morgan fingerprint density at radius 1 is 1.38 bits per heavy atom. The van der Waals surface area contributed by atoms with E-state index in [0.717, 1.165) is 11.3 Å². The topological polar surface area (TPSA) is 50.7 Å². The summed E-state index contributed by atoms with van der Waals surface area (Å²) in [5.41, 5.74) is 6.34. The van der Waals surface area contributed by atoms with Crippen molar-refractivity contribution in [2.45, 2.75) is 6.92 Å². The number of amidine groups is 1. The maximum Gasteiger partial charge on any atom is 0.180 e. The molecule has 0 saturated carbocycles. The third kappa shape index (κ3) is 4.88. The Kier molecular flexibility index (Phi) is 5.66. The summed E-state index contributed by atoms with van der Waals surface area (Å²) < 4.78 is 0. The predicted octanol–water partition coefficient (Wildman–Crippen LogP) is 3.40. The molecule has 0 aliphatic heterocycles. The fourth-order valence-corrected chi connectivity index (χ4v) is 1.92. The Morgan fingerprint density at radius 2 is 2.00 bits per heavy atom. The third-order valence-corrected chi connectivity index (χ3v) is 2.64. The van der Waals surface area contributed by atoms with E-state index in [1.54, 1.807) is 24.4 Å². The average molecular weight is 276 g/mol. The second-order valence-corrected chi connectivity index (χ2v) is 4.98. The molecule has 0 fully saturated rings. The molecule has 3 nitrogen and oxygen atoms in total. The smallest absolute Gasteiger partial charge is 0.180 e. The fourth-order valence-electron chi connectivity index (χ4n) is 0.979. The number of rotatable bonds is 3. The summed E-state index contributed by atoms with van der Waals surface area (Å²) in [5.74, 6) is 0.869. The molecule has 1 rings (SSSR count). The number of nitrogens with two attached hydrogens (primary N) is 1. The van der Waals surface area contributed by atoms with Crippen molar-refractivity contribution in [2.24, 2.45) is 15.9 Å². The van der Waals surface area contributed by atoms with E-state index in [1.165, 1.54) is 11.8 Å². The van der Waals surface area contributed by atoms with Crippen molar-refractivity contribution in [3.8, 4) is 0 Å². The molecule has 0 atom stereocenters. The molecule has 0 bridgehead atoms. The third-order valence-electron chi connectivity index (χ3n) is 1.54. The van der Waals surface area contributed by atoms with Gasteiger partial charge in [-0.25, -0.2) is 0 Å². The number of hydrogen-bond donors (Lipinski definition) is 1. The Bertz CT molecular complexity index is 398. The van der Waals surface area contributed by atoms with Crippen LogP contribution < -0.4 is 5.73 Å². The van der Waals surface area contributed by atoms with Gasteiger partial charge in [0.15, 0.2) is 5.17 Å². The van der Waals surface area contributed by atoms with Crippen molar-refractivity contribution in [3.05, 3.63) is 33.8 Å². The minimum atomic E-state index is 0.437. The van der Waals surface area contributed by atoms with Gasteiger partial charge in [-0.3, -0.25) is 0 Å². The lowest BCUT2D eigenvalue weighted by Crippen LogP contribution is -2.05. The minimum absolute atomic E-state index is 0.437. The molecule has 1 aromatic carbocycles. The van der Waals surface area contributed by atoms with Crippen LogP contribution in [-0.4, -0.2) is 17.1 Å². The van der Waals surface area contributed by atoms with Gasteiger partial charge in [0, 0.05) is 10.0 Å². The molecule has 1 aromatic rings. The maximum atomic E-state index is 5.83. The van der Waals surface area contributed by atoms with Crippen molar-refractivity contribution < 1.29 is 0 Å². The van der Waals surface area contributed by atoms with Crippen LogP contribution in [0.5, 0.6) is 0 Å². The van der Waals surface area contributed by atoms with Crippen molar-refractivity contribution in [3.63, 3.8) is 0 Å². The van der Waals surface area contributed by atoms with Gasteiger partial charge in [0.1, 0.15) is 0 Å². The summed E-state index contributed by atoms with van der Waals surface area (Å²) in [6, 6.07) is 5.15. The zero-order valence-electron chi connectivity index (χ0n) is 8.65. The molecule has 0 aromatic heterocycles. The van der Waals surface area contributed by atoms with Crippen molar-refractivity contribution >= 4 is 46.3 Å². The van der Waals surface area contributed by atoms with Crippen LogP contribution in [0, 0.1) is 0 Å². The number of halogens is 2. The highest BCUT2D eigenvalue weighted by Gasteiger charge is 1.95. The molecule has 0 saturated heterocycles. The molecule has 2 N–H and O–H groups in total. The molecule has 0 spiro atoms. The molecule has 0 radical (unpaired) electrons. The lowest BCUT2D eigenvalue weighted by atomic mass is 10.2. The second kappa shape index (κ2) is 6.78. The van der Waals surface area contributed by atoms with Gasteiger partial charge in [0.25, 0.3) is 0 Å². The highest BCUT2D eigenvalue weighted by molar-refractivity contribution is 8.13. The van der Waals surface area contributed by atoms with Gasteiger partial charge < -0.3 is 5.73 Å². The Hall–Kier alpha value is -0.710. The summed E-state index contributed by atoms with van der Waals surface area (Å²) in [6.45, 7) is 1.99. The molecule has 16 heavy (non-hydrogen) atoms. The SMILES string of the molecule is CCS/C(N)=N/N=C/c1cc(Cl)cc(Cl)c1. The molecular formula is C10H11Cl2N3S. The van der Waals surface area contributed by atoms with Gasteiger partial charge in [0.05, 0.1) is 6.21 Å². The highest BCUT2D eigenvalue weighted by Crippen LogP contribution is 2.17. The van der Waals surface area contributed by atoms with E-state index in [4.69, 9.17) is 28.9 Å². The van der Waals surface area contributed by atoms with E-state index in [2.05, 4.69) is 10.2 Å². The minimum Gasteiger partial charge on any atom is -0.377 e. The van der Waals surface area contributed by atoms with Crippen LogP contribution in [0.1, 0.15) is 12.5 Å². The summed E-state index contributed by atoms with van der Waals surface area (Å²) in [4.78, 5) is 0. The van der Waals surface area contributed by atoms with Crippen LogP contribution in [0.3, 0.4) is 0 Å². The largest absolute Gasteiger partial charge is 0.377 e. The number of benzene rings is 1. The van der Waals surface area contributed by atoms with Crippen LogP contribution in [-0.2, 0) is 0 Å². The molecule has 0 aliphatic carbocycles. The molecule has 0 heterocycles. The van der Waals surface area contributed by atoms with Crippen LogP contribution in [0.15, 0.2) is 28.4 Å². The van der Waals surface area contributed by atoms with Crippen molar-refractivity contribution in [1.29, 1.82) is 0 Å². The van der Waals surface area contributed by atoms with Crippen molar-refractivity contribution in [2.75, 3.05) is 5.75 Å². The van der Waals surface area contributed by atoms with E-state index < -0.39 is 0 Å². The maximum absolute atomic E-state index is 5.83. The van der Waals surface area contributed by atoms with E-state index in [9.17, 15) is 0 Å². The number of thioether (sulfide) groups is 1. The molecule has 6 heteroatoms. The van der Waals surface area contributed by atoms with Crippen LogP contribution in [0.2, 0.25) is 10.0 Å². The molecule has 0 aliphatic rings. The summed E-state index contributed by atoms with van der Waals surface area (Å²) in [7, 11) is 0. The first kappa shape index (κ1) is 13.4.